The first kappa shape index (κ1) is 15.3. The van der Waals surface area contributed by atoms with E-state index >= 15 is 0 Å². The van der Waals surface area contributed by atoms with E-state index in [0.717, 1.165) is 16.3 Å². The van der Waals surface area contributed by atoms with Crippen molar-refractivity contribution >= 4 is 33.7 Å². The Morgan fingerprint density at radius 3 is 2.64 bits per heavy atom. The van der Waals surface area contributed by atoms with Crippen molar-refractivity contribution in [1.29, 1.82) is 0 Å². The summed E-state index contributed by atoms with van der Waals surface area (Å²) in [5.74, 6) is 1.42. The third kappa shape index (κ3) is 3.76. The van der Waals surface area contributed by atoms with Crippen LogP contribution in [0.1, 0.15) is 11.3 Å². The van der Waals surface area contributed by atoms with Gasteiger partial charge in [-0.15, -0.1) is 11.3 Å². The highest BCUT2D eigenvalue weighted by Crippen LogP contribution is 2.22. The number of halogens is 1. The SMILES string of the molecule is O=[S@@](Cc1csc(-c2ncccn2)n1)Cc1ccccc1Cl. The van der Waals surface area contributed by atoms with Crippen molar-refractivity contribution in [2.24, 2.45) is 0 Å². The van der Waals surface area contributed by atoms with Gasteiger partial charge in [-0.2, -0.15) is 0 Å². The summed E-state index contributed by atoms with van der Waals surface area (Å²) in [5.41, 5.74) is 1.68. The summed E-state index contributed by atoms with van der Waals surface area (Å²) in [7, 11) is -1.06. The van der Waals surface area contributed by atoms with E-state index in [2.05, 4.69) is 15.0 Å². The lowest BCUT2D eigenvalue weighted by atomic mass is 10.2. The molecule has 1 atom stereocenters. The molecule has 0 amide bonds. The molecule has 7 heteroatoms. The minimum Gasteiger partial charge on any atom is -0.259 e. The lowest BCUT2D eigenvalue weighted by molar-refractivity contribution is 0.681. The average Bonchev–Trinajstić information content (AvgIpc) is 2.99. The van der Waals surface area contributed by atoms with E-state index in [4.69, 9.17) is 11.6 Å². The fourth-order valence-corrected chi connectivity index (χ4v) is 4.22. The predicted molar refractivity (Wildman–Crippen MR) is 90.1 cm³/mol. The molecule has 1 aromatic carbocycles. The van der Waals surface area contributed by atoms with Crippen molar-refractivity contribution in [1.82, 2.24) is 15.0 Å². The van der Waals surface area contributed by atoms with E-state index in [1.807, 2.05) is 29.6 Å². The predicted octanol–water partition coefficient (Wildman–Crippen LogP) is 3.70. The van der Waals surface area contributed by atoms with Crippen molar-refractivity contribution in [2.45, 2.75) is 11.5 Å². The van der Waals surface area contributed by atoms with Gasteiger partial charge in [0.2, 0.25) is 0 Å². The Morgan fingerprint density at radius 2 is 1.86 bits per heavy atom. The molecule has 0 spiro atoms. The van der Waals surface area contributed by atoms with Gasteiger partial charge in [0.25, 0.3) is 0 Å². The number of hydrogen-bond acceptors (Lipinski definition) is 5. The molecule has 3 rings (SSSR count). The highest BCUT2D eigenvalue weighted by atomic mass is 35.5. The van der Waals surface area contributed by atoms with Crippen molar-refractivity contribution in [3.8, 4) is 10.8 Å². The second kappa shape index (κ2) is 7.09. The Kier molecular flexibility index (Phi) is 4.92. The molecule has 2 heterocycles. The van der Waals surface area contributed by atoms with Crippen molar-refractivity contribution < 1.29 is 4.21 Å². The largest absolute Gasteiger partial charge is 0.259 e. The standard InChI is InChI=1S/C15H12ClN3OS2/c16-13-5-2-1-4-11(13)9-22(20)10-12-8-21-15(19-12)14-17-6-3-7-18-14/h1-8H,9-10H2/t22-/m1/s1. The molecule has 0 N–H and O–H groups in total. The smallest absolute Gasteiger partial charge is 0.188 e. The molecule has 0 unspecified atom stereocenters. The van der Waals surface area contributed by atoms with Crippen LogP contribution in [0.3, 0.4) is 0 Å². The van der Waals surface area contributed by atoms with Gasteiger partial charge in [0.05, 0.1) is 17.2 Å². The Morgan fingerprint density at radius 1 is 1.09 bits per heavy atom. The molecule has 0 saturated carbocycles. The zero-order valence-electron chi connectivity index (χ0n) is 11.5. The zero-order valence-corrected chi connectivity index (χ0v) is 13.9. The Balaban J connectivity index is 1.68. The number of thiazole rings is 1. The number of aromatic nitrogens is 3. The maximum Gasteiger partial charge on any atom is 0.188 e. The van der Waals surface area contributed by atoms with Gasteiger partial charge in [-0.05, 0) is 17.7 Å². The lowest BCUT2D eigenvalue weighted by Gasteiger charge is -2.03. The quantitative estimate of drug-likeness (QED) is 0.704. The first-order valence-electron chi connectivity index (χ1n) is 6.52. The Bertz CT molecular complexity index is 792. The molecule has 4 nitrogen and oxygen atoms in total. The summed E-state index contributed by atoms with van der Waals surface area (Å²) in [6.45, 7) is 0. The van der Waals surface area contributed by atoms with Gasteiger partial charge in [0.15, 0.2) is 10.8 Å². The Labute approximate surface area is 139 Å². The van der Waals surface area contributed by atoms with Crippen molar-refractivity contribution in [3.63, 3.8) is 0 Å². The summed E-state index contributed by atoms with van der Waals surface area (Å²) in [5, 5.41) is 3.29. The third-order valence-electron chi connectivity index (χ3n) is 2.89. The van der Waals surface area contributed by atoms with Crippen LogP contribution < -0.4 is 0 Å². The number of hydrogen-bond donors (Lipinski definition) is 0. The summed E-state index contributed by atoms with van der Waals surface area (Å²) in [6.07, 6.45) is 3.36. The van der Waals surface area contributed by atoms with Crippen LogP contribution in [0.5, 0.6) is 0 Å². The van der Waals surface area contributed by atoms with Crippen LogP contribution in [0.25, 0.3) is 10.8 Å². The maximum atomic E-state index is 12.3. The van der Waals surface area contributed by atoms with Crippen LogP contribution in [0, 0.1) is 0 Å². The zero-order chi connectivity index (χ0) is 15.4. The Hall–Kier alpha value is -1.63. The average molecular weight is 350 g/mol. The molecule has 0 aliphatic heterocycles. The van der Waals surface area contributed by atoms with Crippen molar-refractivity contribution in [3.05, 3.63) is 64.4 Å². The number of rotatable bonds is 5. The van der Waals surface area contributed by atoms with Gasteiger partial charge in [-0.1, -0.05) is 29.8 Å². The fourth-order valence-electron chi connectivity index (χ4n) is 1.89. The molecule has 0 aliphatic rings. The molecular formula is C15H12ClN3OS2. The molecule has 0 saturated heterocycles. The van der Waals surface area contributed by atoms with E-state index in [9.17, 15) is 4.21 Å². The second-order valence-corrected chi connectivity index (χ2v) is 7.26. The van der Waals surface area contributed by atoms with Gasteiger partial charge in [0.1, 0.15) is 0 Å². The van der Waals surface area contributed by atoms with Gasteiger partial charge in [0, 0.05) is 33.6 Å². The second-order valence-electron chi connectivity index (χ2n) is 4.54. The highest BCUT2D eigenvalue weighted by Gasteiger charge is 2.11. The van der Waals surface area contributed by atoms with E-state index in [0.29, 0.717) is 22.4 Å². The van der Waals surface area contributed by atoms with Crippen molar-refractivity contribution in [2.75, 3.05) is 0 Å². The third-order valence-corrected chi connectivity index (χ3v) is 5.40. The van der Waals surface area contributed by atoms with Gasteiger partial charge in [-0.25, -0.2) is 15.0 Å². The molecule has 0 aliphatic carbocycles. The van der Waals surface area contributed by atoms with E-state index in [1.54, 1.807) is 18.5 Å². The van der Waals surface area contributed by atoms with Crippen LogP contribution in [0.2, 0.25) is 5.02 Å². The monoisotopic (exact) mass is 349 g/mol. The number of nitrogens with zero attached hydrogens (tertiary/aromatic N) is 3. The first-order chi connectivity index (χ1) is 10.7. The first-order valence-corrected chi connectivity index (χ1v) is 9.27. The van der Waals surface area contributed by atoms with Gasteiger partial charge < -0.3 is 0 Å². The van der Waals surface area contributed by atoms with Gasteiger partial charge >= 0.3 is 0 Å². The molecule has 0 fully saturated rings. The molecule has 0 radical (unpaired) electrons. The summed E-state index contributed by atoms with van der Waals surface area (Å²) in [4.78, 5) is 12.8. The van der Waals surface area contributed by atoms with E-state index in [-0.39, 0.29) is 0 Å². The minimum atomic E-state index is -1.06. The maximum absolute atomic E-state index is 12.3. The topological polar surface area (TPSA) is 55.7 Å². The summed E-state index contributed by atoms with van der Waals surface area (Å²) < 4.78 is 12.3. The van der Waals surface area contributed by atoms with Gasteiger partial charge in [-0.3, -0.25) is 4.21 Å². The van der Waals surface area contributed by atoms with Crippen LogP contribution in [-0.2, 0) is 22.3 Å². The molecule has 0 bridgehead atoms. The molecule has 22 heavy (non-hydrogen) atoms. The van der Waals surface area contributed by atoms with Crippen LogP contribution in [-0.4, -0.2) is 19.2 Å². The van der Waals surface area contributed by atoms with Crippen LogP contribution in [0.4, 0.5) is 0 Å². The molecule has 2 aromatic heterocycles. The lowest BCUT2D eigenvalue weighted by Crippen LogP contribution is -2.00. The van der Waals surface area contributed by atoms with E-state index < -0.39 is 10.8 Å². The van der Waals surface area contributed by atoms with Crippen LogP contribution >= 0.6 is 22.9 Å². The van der Waals surface area contributed by atoms with E-state index in [1.165, 1.54) is 11.3 Å². The number of benzene rings is 1. The molecule has 3 aromatic rings. The summed E-state index contributed by atoms with van der Waals surface area (Å²) >= 11 is 7.55. The van der Waals surface area contributed by atoms with Crippen LogP contribution in [0.15, 0.2) is 48.1 Å². The minimum absolute atomic E-state index is 0.397. The highest BCUT2D eigenvalue weighted by molar-refractivity contribution is 7.83. The summed E-state index contributed by atoms with van der Waals surface area (Å²) in [6, 6.07) is 9.22. The molecular weight excluding hydrogens is 338 g/mol. The fraction of sp³-hybridized carbons (Fsp3) is 0.133. The molecule has 112 valence electrons. The normalized spacial score (nSPS) is 12.2.